The van der Waals surface area contributed by atoms with Crippen LogP contribution in [0.2, 0.25) is 0 Å². The molecule has 0 aromatic carbocycles. The van der Waals surface area contributed by atoms with E-state index in [4.69, 9.17) is 4.74 Å². The average molecular weight is 228 g/mol. The molecule has 0 aromatic rings. The molecule has 0 N–H and O–H groups in total. The van der Waals surface area contributed by atoms with E-state index in [9.17, 15) is 4.21 Å². The van der Waals surface area contributed by atoms with Gasteiger partial charge in [-0.25, -0.2) is 0 Å². The molecule has 2 nitrogen and oxygen atoms in total. The van der Waals surface area contributed by atoms with Crippen molar-refractivity contribution in [2.45, 2.75) is 56.8 Å². The molecule has 0 aromatic heterocycles. The molecule has 3 atom stereocenters. The van der Waals surface area contributed by atoms with E-state index < -0.39 is 10.8 Å². The van der Waals surface area contributed by atoms with Crippen molar-refractivity contribution in [3.05, 3.63) is 11.8 Å². The predicted molar refractivity (Wildman–Crippen MR) is 63.1 cm³/mol. The molecule has 1 saturated heterocycles. The zero-order chi connectivity index (χ0) is 10.7. The minimum atomic E-state index is -0.648. The van der Waals surface area contributed by atoms with E-state index in [0.717, 1.165) is 18.6 Å². The molecule has 1 saturated carbocycles. The maximum Gasteiger partial charge on any atom is 0.109 e. The van der Waals surface area contributed by atoms with Gasteiger partial charge in [0.15, 0.2) is 0 Å². The number of ether oxygens (including phenoxy) is 1. The summed E-state index contributed by atoms with van der Waals surface area (Å²) < 4.78 is 17.3. The van der Waals surface area contributed by atoms with Gasteiger partial charge in [0.25, 0.3) is 0 Å². The van der Waals surface area contributed by atoms with E-state index in [0.29, 0.717) is 0 Å². The van der Waals surface area contributed by atoms with Crippen LogP contribution in [-0.2, 0) is 15.5 Å². The molecule has 0 radical (unpaired) electrons. The molecule has 86 valence electrons. The molecule has 1 aliphatic carbocycles. The molecule has 0 spiro atoms. The molecule has 15 heavy (non-hydrogen) atoms. The van der Waals surface area contributed by atoms with E-state index in [1.54, 1.807) is 0 Å². The van der Waals surface area contributed by atoms with Crippen molar-refractivity contribution in [3.63, 3.8) is 0 Å². The van der Waals surface area contributed by atoms with Crippen LogP contribution in [0.3, 0.4) is 0 Å². The third-order valence-electron chi connectivity index (χ3n) is 3.39. The summed E-state index contributed by atoms with van der Waals surface area (Å²) in [5.41, 5.74) is 1.44. The van der Waals surface area contributed by atoms with E-state index in [1.807, 2.05) is 6.26 Å². The number of rotatable bonds is 3. The topological polar surface area (TPSA) is 26.3 Å². The summed E-state index contributed by atoms with van der Waals surface area (Å²) in [6.07, 6.45) is 9.23. The van der Waals surface area contributed by atoms with E-state index in [-0.39, 0.29) is 11.4 Å². The Morgan fingerprint density at radius 2 is 2.13 bits per heavy atom. The highest BCUT2D eigenvalue weighted by molar-refractivity contribution is 7.85. The van der Waals surface area contributed by atoms with Crippen molar-refractivity contribution in [3.8, 4) is 0 Å². The zero-order valence-electron chi connectivity index (χ0n) is 9.41. The second-order valence-electron chi connectivity index (χ2n) is 4.59. The Balaban J connectivity index is 1.83. The van der Waals surface area contributed by atoms with Crippen molar-refractivity contribution < 1.29 is 8.95 Å². The van der Waals surface area contributed by atoms with Crippen LogP contribution in [0, 0.1) is 0 Å². The van der Waals surface area contributed by atoms with Gasteiger partial charge in [0.1, 0.15) is 6.10 Å². The number of allylic oxidation sites excluding steroid dienone is 1. The Morgan fingerprint density at radius 3 is 2.73 bits per heavy atom. The standard InChI is InChI=1S/C12H20O2S/c1-10(12-7-4-8-15(12)13)14-9-11-5-2-3-6-11/h9-10,12H,2-8H2,1H3. The van der Waals surface area contributed by atoms with Crippen LogP contribution in [0.5, 0.6) is 0 Å². The highest BCUT2D eigenvalue weighted by Crippen LogP contribution is 2.25. The highest BCUT2D eigenvalue weighted by atomic mass is 32.2. The van der Waals surface area contributed by atoms with E-state index in [1.165, 1.54) is 31.3 Å². The van der Waals surface area contributed by atoms with Gasteiger partial charge in [-0.1, -0.05) is 0 Å². The average Bonchev–Trinajstić information content (AvgIpc) is 2.84. The molecular weight excluding hydrogens is 208 g/mol. The molecule has 2 aliphatic rings. The first kappa shape index (κ1) is 11.2. The lowest BCUT2D eigenvalue weighted by atomic mass is 10.2. The molecule has 2 fully saturated rings. The first-order valence-corrected chi connectivity index (χ1v) is 7.36. The first-order valence-electron chi connectivity index (χ1n) is 5.98. The van der Waals surface area contributed by atoms with Gasteiger partial charge in [-0.3, -0.25) is 4.21 Å². The SMILES string of the molecule is CC(OC=C1CCCC1)C1CCCS1=O. The third-order valence-corrected chi connectivity index (χ3v) is 5.38. The summed E-state index contributed by atoms with van der Waals surface area (Å²) in [5.74, 6) is 0.870. The second kappa shape index (κ2) is 5.15. The lowest BCUT2D eigenvalue weighted by molar-refractivity contribution is 0.154. The summed E-state index contributed by atoms with van der Waals surface area (Å²) in [5, 5.41) is 0.267. The predicted octanol–water partition coefficient (Wildman–Crippen LogP) is 2.76. The molecule has 2 rings (SSSR count). The molecule has 1 aliphatic heterocycles. The van der Waals surface area contributed by atoms with Crippen molar-refractivity contribution in [1.82, 2.24) is 0 Å². The van der Waals surface area contributed by atoms with Gasteiger partial charge < -0.3 is 4.74 Å². The largest absolute Gasteiger partial charge is 0.497 e. The van der Waals surface area contributed by atoms with Gasteiger partial charge in [0, 0.05) is 16.6 Å². The molecule has 3 unspecified atom stereocenters. The maximum absolute atomic E-state index is 11.6. The molecule has 1 heterocycles. The van der Waals surface area contributed by atoms with Gasteiger partial charge in [0.2, 0.25) is 0 Å². The van der Waals surface area contributed by atoms with Crippen LogP contribution in [0.1, 0.15) is 45.4 Å². The summed E-state index contributed by atoms with van der Waals surface area (Å²) >= 11 is 0. The normalized spacial score (nSPS) is 33.0. The van der Waals surface area contributed by atoms with Crippen molar-refractivity contribution in [2.24, 2.45) is 0 Å². The van der Waals surface area contributed by atoms with Crippen molar-refractivity contribution in [1.29, 1.82) is 0 Å². The van der Waals surface area contributed by atoms with Gasteiger partial charge in [0.05, 0.1) is 11.5 Å². The fourth-order valence-electron chi connectivity index (χ4n) is 2.40. The molecule has 0 bridgehead atoms. The van der Waals surface area contributed by atoms with Crippen LogP contribution in [0.4, 0.5) is 0 Å². The van der Waals surface area contributed by atoms with Crippen LogP contribution in [0.25, 0.3) is 0 Å². The quantitative estimate of drug-likeness (QED) is 0.694. The number of hydrogen-bond acceptors (Lipinski definition) is 2. The Labute approximate surface area is 94.5 Å². The lowest BCUT2D eigenvalue weighted by Crippen LogP contribution is -2.25. The van der Waals surface area contributed by atoms with E-state index >= 15 is 0 Å². The first-order chi connectivity index (χ1) is 7.27. The summed E-state index contributed by atoms with van der Waals surface area (Å²) in [6.45, 7) is 2.06. The van der Waals surface area contributed by atoms with Gasteiger partial charge in [-0.2, -0.15) is 0 Å². The smallest absolute Gasteiger partial charge is 0.109 e. The van der Waals surface area contributed by atoms with Crippen LogP contribution >= 0.6 is 0 Å². The summed E-state index contributed by atoms with van der Waals surface area (Å²) in [6, 6.07) is 0. The zero-order valence-corrected chi connectivity index (χ0v) is 10.2. The maximum atomic E-state index is 11.6. The Kier molecular flexibility index (Phi) is 3.84. The van der Waals surface area contributed by atoms with Crippen molar-refractivity contribution in [2.75, 3.05) is 5.75 Å². The Bertz CT molecular complexity index is 265. The highest BCUT2D eigenvalue weighted by Gasteiger charge is 2.29. The van der Waals surface area contributed by atoms with Crippen molar-refractivity contribution >= 4 is 10.8 Å². The monoisotopic (exact) mass is 228 g/mol. The Hall–Kier alpha value is -0.310. The third kappa shape index (κ3) is 2.83. The fraction of sp³-hybridized carbons (Fsp3) is 0.833. The minimum Gasteiger partial charge on any atom is -0.497 e. The van der Waals surface area contributed by atoms with E-state index in [2.05, 4.69) is 6.92 Å². The summed E-state index contributed by atoms with van der Waals surface area (Å²) in [7, 11) is -0.648. The fourth-order valence-corrected chi connectivity index (χ4v) is 4.07. The second-order valence-corrected chi connectivity index (χ2v) is 6.37. The van der Waals surface area contributed by atoms with Crippen LogP contribution in [0.15, 0.2) is 11.8 Å². The lowest BCUT2D eigenvalue weighted by Gasteiger charge is -2.17. The van der Waals surface area contributed by atoms with Gasteiger partial charge >= 0.3 is 0 Å². The molecular formula is C12H20O2S. The van der Waals surface area contributed by atoms with Gasteiger partial charge in [-0.05, 0) is 51.0 Å². The van der Waals surface area contributed by atoms with Crippen LogP contribution in [-0.4, -0.2) is 21.3 Å². The van der Waals surface area contributed by atoms with Crippen LogP contribution < -0.4 is 0 Å². The number of hydrogen-bond donors (Lipinski definition) is 0. The Morgan fingerprint density at radius 1 is 1.40 bits per heavy atom. The minimum absolute atomic E-state index is 0.126. The van der Waals surface area contributed by atoms with Gasteiger partial charge in [-0.15, -0.1) is 0 Å². The summed E-state index contributed by atoms with van der Waals surface area (Å²) in [4.78, 5) is 0. The molecule has 3 heteroatoms. The molecule has 0 amide bonds.